The van der Waals surface area contributed by atoms with E-state index in [2.05, 4.69) is 66.7 Å². The van der Waals surface area contributed by atoms with Gasteiger partial charge in [0, 0.05) is 10.8 Å². The zero-order valence-electron chi connectivity index (χ0n) is 28.9. The highest BCUT2D eigenvalue weighted by Gasteiger charge is 2.69. The summed E-state index contributed by atoms with van der Waals surface area (Å²) in [5, 5.41) is 21.6. The maximum Gasteiger partial charge on any atom is 0.133 e. The summed E-state index contributed by atoms with van der Waals surface area (Å²) in [6, 6.07) is 0. The van der Waals surface area contributed by atoms with Crippen LogP contribution < -0.4 is 0 Å². The van der Waals surface area contributed by atoms with Crippen LogP contribution in [0, 0.1) is 55.7 Å². The second-order valence-corrected chi connectivity index (χ2v) is 18.4. The van der Waals surface area contributed by atoms with E-state index >= 15 is 0 Å². The standard InChI is InChI=1S/C40H60O4/c1-34(2)22-29-28-11-12-31-37(5)18-15-32(43)38(6,26-42)30(37)14-19-40(31,8)39(28,7)21-20-36(29,4)33(23-34)44-24-27-10-9-16-35(3,25-41)17-13-27/h9-11,13,16-17,25,29-33,42-43H,12,14-15,18-24,26H2,1-8H3. The number of hydrogen-bond acceptors (Lipinski definition) is 4. The van der Waals surface area contributed by atoms with E-state index in [1.807, 2.05) is 25.2 Å². The van der Waals surface area contributed by atoms with Crippen LogP contribution >= 0.6 is 0 Å². The molecule has 6 aliphatic rings. The molecule has 0 aromatic rings. The topological polar surface area (TPSA) is 66.8 Å². The normalized spacial score (nSPS) is 51.1. The van der Waals surface area contributed by atoms with Crippen LogP contribution in [-0.4, -0.2) is 41.9 Å². The Morgan fingerprint density at radius 1 is 0.909 bits per heavy atom. The number of carbonyl (C=O) groups excluding carboxylic acids is 1. The number of aldehydes is 1. The summed E-state index contributed by atoms with van der Waals surface area (Å²) in [5.74, 6) is 1.42. The lowest BCUT2D eigenvalue weighted by Crippen LogP contribution is -2.66. The van der Waals surface area contributed by atoms with Gasteiger partial charge in [0.15, 0.2) is 0 Å². The van der Waals surface area contributed by atoms with Gasteiger partial charge < -0.3 is 19.7 Å². The van der Waals surface area contributed by atoms with Gasteiger partial charge in [-0.15, -0.1) is 0 Å². The Hall–Kier alpha value is -1.49. The first-order valence-corrected chi connectivity index (χ1v) is 17.7. The molecular formula is C40H60O4. The summed E-state index contributed by atoms with van der Waals surface area (Å²) in [6.45, 7) is 19.9. The molecule has 4 fully saturated rings. The summed E-state index contributed by atoms with van der Waals surface area (Å²) in [7, 11) is 0. The molecule has 0 radical (unpaired) electrons. The molecule has 6 rings (SSSR count). The number of fused-ring (bicyclic) bond motifs is 7. The zero-order chi connectivity index (χ0) is 32.0. The first-order chi connectivity index (χ1) is 20.5. The van der Waals surface area contributed by atoms with Gasteiger partial charge in [-0.25, -0.2) is 0 Å². The van der Waals surface area contributed by atoms with Crippen LogP contribution in [0.5, 0.6) is 0 Å². The summed E-state index contributed by atoms with van der Waals surface area (Å²) in [4.78, 5) is 11.6. The minimum atomic E-state index is -0.554. The Kier molecular flexibility index (Phi) is 7.75. The number of aliphatic hydroxyl groups excluding tert-OH is 2. The monoisotopic (exact) mass is 604 g/mol. The Labute approximate surface area is 267 Å². The van der Waals surface area contributed by atoms with Crippen molar-refractivity contribution in [1.82, 2.24) is 0 Å². The highest BCUT2D eigenvalue weighted by Crippen LogP contribution is 2.75. The predicted molar refractivity (Wildman–Crippen MR) is 178 cm³/mol. The molecule has 244 valence electrons. The molecule has 0 saturated heterocycles. The Morgan fingerprint density at radius 2 is 1.66 bits per heavy atom. The summed E-state index contributed by atoms with van der Waals surface area (Å²) < 4.78 is 6.95. The molecule has 4 saturated carbocycles. The summed E-state index contributed by atoms with van der Waals surface area (Å²) in [5.41, 5.74) is 2.64. The quantitative estimate of drug-likeness (QED) is 0.244. The fraction of sp³-hybridized carbons (Fsp3) is 0.775. The number of allylic oxidation sites excluding steroid dienone is 6. The lowest BCUT2D eigenvalue weighted by Gasteiger charge is -2.71. The van der Waals surface area contributed by atoms with E-state index < -0.39 is 16.9 Å². The van der Waals surface area contributed by atoms with Crippen LogP contribution in [0.1, 0.15) is 113 Å². The first kappa shape index (κ1) is 32.5. The molecule has 11 unspecified atom stereocenters. The third kappa shape index (κ3) is 4.58. The first-order valence-electron chi connectivity index (χ1n) is 17.7. The molecule has 0 amide bonds. The minimum Gasteiger partial charge on any atom is -0.396 e. The van der Waals surface area contributed by atoms with E-state index in [4.69, 9.17) is 4.74 Å². The summed E-state index contributed by atoms with van der Waals surface area (Å²) in [6.07, 6.45) is 23.5. The molecule has 0 bridgehead atoms. The highest BCUT2D eigenvalue weighted by molar-refractivity contribution is 5.66. The van der Waals surface area contributed by atoms with E-state index in [9.17, 15) is 15.0 Å². The number of aliphatic hydroxyl groups is 2. The molecule has 4 heteroatoms. The fourth-order valence-electron chi connectivity index (χ4n) is 12.1. The second-order valence-electron chi connectivity index (χ2n) is 18.4. The van der Waals surface area contributed by atoms with E-state index in [1.165, 1.54) is 25.7 Å². The number of carbonyl (C=O) groups is 1. The van der Waals surface area contributed by atoms with Gasteiger partial charge in [-0.3, -0.25) is 0 Å². The largest absolute Gasteiger partial charge is 0.396 e. The predicted octanol–water partition coefficient (Wildman–Crippen LogP) is 8.39. The Morgan fingerprint density at radius 3 is 2.36 bits per heavy atom. The maximum absolute atomic E-state index is 11.6. The number of hydrogen-bond donors (Lipinski definition) is 2. The lowest BCUT2D eigenvalue weighted by atomic mass is 9.33. The maximum atomic E-state index is 11.6. The van der Waals surface area contributed by atoms with Crippen molar-refractivity contribution in [2.24, 2.45) is 55.7 Å². The van der Waals surface area contributed by atoms with Crippen LogP contribution in [0.4, 0.5) is 0 Å². The van der Waals surface area contributed by atoms with Crippen molar-refractivity contribution in [3.8, 4) is 0 Å². The SMILES string of the molecule is CC1(C=O)C=CC=C(COC2CC(C)(C)CC3C4=CCC5C6(C)CCC(O)C(C)(CO)C6CCC5(C)C4(C)CCC23C)C=C1. The molecule has 6 aliphatic carbocycles. The van der Waals surface area contributed by atoms with Crippen molar-refractivity contribution in [2.45, 2.75) is 125 Å². The molecule has 0 aliphatic heterocycles. The molecular weight excluding hydrogens is 544 g/mol. The van der Waals surface area contributed by atoms with Crippen molar-refractivity contribution < 1.29 is 19.7 Å². The number of ether oxygens (including phenoxy) is 1. The molecule has 0 heterocycles. The average Bonchev–Trinajstić information content (AvgIpc) is 3.16. The van der Waals surface area contributed by atoms with E-state index in [-0.39, 0.29) is 39.8 Å². The smallest absolute Gasteiger partial charge is 0.133 e. The minimum absolute atomic E-state index is 0.0759. The van der Waals surface area contributed by atoms with Gasteiger partial charge in [-0.1, -0.05) is 90.5 Å². The van der Waals surface area contributed by atoms with Gasteiger partial charge in [-0.05, 0) is 110 Å². The van der Waals surface area contributed by atoms with E-state index in [1.54, 1.807) is 5.57 Å². The average molecular weight is 605 g/mol. The molecule has 0 aromatic heterocycles. The van der Waals surface area contributed by atoms with Crippen LogP contribution in [0.3, 0.4) is 0 Å². The van der Waals surface area contributed by atoms with Crippen LogP contribution in [0.25, 0.3) is 0 Å². The van der Waals surface area contributed by atoms with Crippen LogP contribution in [0.15, 0.2) is 47.6 Å². The van der Waals surface area contributed by atoms with Crippen molar-refractivity contribution in [3.05, 3.63) is 47.6 Å². The molecule has 0 aromatic carbocycles. The van der Waals surface area contributed by atoms with Crippen molar-refractivity contribution in [1.29, 1.82) is 0 Å². The molecule has 2 N–H and O–H groups in total. The summed E-state index contributed by atoms with van der Waals surface area (Å²) >= 11 is 0. The van der Waals surface area contributed by atoms with Crippen molar-refractivity contribution in [3.63, 3.8) is 0 Å². The molecule has 11 atom stereocenters. The van der Waals surface area contributed by atoms with Gasteiger partial charge in [0.2, 0.25) is 0 Å². The van der Waals surface area contributed by atoms with Crippen molar-refractivity contribution in [2.75, 3.05) is 13.2 Å². The Bertz CT molecular complexity index is 1290. The van der Waals surface area contributed by atoms with Gasteiger partial charge in [-0.2, -0.15) is 0 Å². The van der Waals surface area contributed by atoms with Crippen LogP contribution in [0.2, 0.25) is 0 Å². The lowest BCUT2D eigenvalue weighted by molar-refractivity contribution is -0.219. The van der Waals surface area contributed by atoms with Gasteiger partial charge in [0.1, 0.15) is 6.29 Å². The van der Waals surface area contributed by atoms with Crippen LogP contribution in [-0.2, 0) is 9.53 Å². The molecule has 44 heavy (non-hydrogen) atoms. The zero-order valence-corrected chi connectivity index (χ0v) is 28.9. The third-order valence-electron chi connectivity index (χ3n) is 15.3. The van der Waals surface area contributed by atoms with Crippen molar-refractivity contribution >= 4 is 6.29 Å². The highest BCUT2D eigenvalue weighted by atomic mass is 16.5. The number of rotatable bonds is 5. The molecule has 4 nitrogen and oxygen atoms in total. The van der Waals surface area contributed by atoms with Gasteiger partial charge in [0.05, 0.1) is 30.8 Å². The fourth-order valence-corrected chi connectivity index (χ4v) is 12.1. The van der Waals surface area contributed by atoms with E-state index in [0.717, 1.165) is 44.0 Å². The molecule has 0 spiro atoms. The third-order valence-corrected chi connectivity index (χ3v) is 15.3. The van der Waals surface area contributed by atoms with Gasteiger partial charge in [0.25, 0.3) is 0 Å². The van der Waals surface area contributed by atoms with E-state index in [0.29, 0.717) is 24.4 Å². The van der Waals surface area contributed by atoms with Gasteiger partial charge >= 0.3 is 0 Å². The Balaban J connectivity index is 1.31. The second kappa shape index (κ2) is 10.5.